The maximum absolute atomic E-state index is 14.5. The van der Waals surface area contributed by atoms with E-state index in [0.717, 1.165) is 25.7 Å². The fraction of sp³-hybridized carbons (Fsp3) is 0.938. The Balaban J connectivity index is 0.960. The second-order valence-corrected chi connectivity index (χ2v) is 22.5. The van der Waals surface area contributed by atoms with Gasteiger partial charge in [-0.3, -0.25) is 4.79 Å². The quantitative estimate of drug-likeness (QED) is 0.0455. The highest BCUT2D eigenvalue weighted by Crippen LogP contribution is 2.74. The predicted octanol–water partition coefficient (Wildman–Crippen LogP) is -3.54. The molecule has 406 valence electrons. The van der Waals surface area contributed by atoms with E-state index in [1.165, 1.54) is 0 Å². The molecule has 9 rings (SSSR count). The van der Waals surface area contributed by atoms with E-state index in [-0.39, 0.29) is 17.9 Å². The van der Waals surface area contributed by atoms with E-state index in [2.05, 4.69) is 13.5 Å². The van der Waals surface area contributed by atoms with Crippen LogP contribution in [0.4, 0.5) is 0 Å². The molecule has 4 heterocycles. The van der Waals surface area contributed by atoms with Gasteiger partial charge in [0.2, 0.25) is 6.29 Å². The molecule has 71 heavy (non-hydrogen) atoms. The molecule has 26 atom stereocenters. The summed E-state index contributed by atoms with van der Waals surface area (Å²) in [6, 6.07) is 0. The number of hydrogen-bond acceptors (Lipinski definition) is 23. The van der Waals surface area contributed by atoms with Gasteiger partial charge in [-0.2, -0.15) is 0 Å². The topological polar surface area (TPSA) is 363 Å². The number of rotatable bonds is 14. The van der Waals surface area contributed by atoms with E-state index in [1.54, 1.807) is 0 Å². The van der Waals surface area contributed by atoms with Crippen LogP contribution in [0, 0.1) is 28.1 Å². The van der Waals surface area contributed by atoms with E-state index >= 15 is 0 Å². The lowest BCUT2D eigenvalue weighted by Gasteiger charge is -2.64. The van der Waals surface area contributed by atoms with E-state index in [0.29, 0.717) is 56.9 Å². The summed E-state index contributed by atoms with van der Waals surface area (Å²) in [5.41, 5.74) is -2.24. The molecule has 5 saturated carbocycles. The number of hydrogen-bond donors (Lipinski definition) is 13. The lowest BCUT2D eigenvalue weighted by molar-refractivity contribution is -0.400. The van der Waals surface area contributed by atoms with Crippen LogP contribution in [0.2, 0.25) is 0 Å². The summed E-state index contributed by atoms with van der Waals surface area (Å²) in [5, 5.41) is 139. The van der Waals surface area contributed by atoms with Gasteiger partial charge in [-0.25, -0.2) is 0 Å². The average molecular weight is 1020 g/mol. The monoisotopic (exact) mass is 1020 g/mol. The molecule has 23 nitrogen and oxygen atoms in total. The van der Waals surface area contributed by atoms with Crippen molar-refractivity contribution in [3.63, 3.8) is 0 Å². The van der Waals surface area contributed by atoms with Crippen LogP contribution < -0.4 is 0 Å². The number of ether oxygens (including phenoxy) is 9. The summed E-state index contributed by atoms with van der Waals surface area (Å²) in [5.74, 6) is -0.698. The Morgan fingerprint density at radius 2 is 1.08 bits per heavy atom. The molecule has 2 bridgehead atoms. The zero-order chi connectivity index (χ0) is 51.1. The molecule has 0 radical (unpaired) electrons. The first-order valence-electron chi connectivity index (χ1n) is 25.4. The van der Waals surface area contributed by atoms with Crippen LogP contribution in [0.15, 0.2) is 12.2 Å². The van der Waals surface area contributed by atoms with Crippen LogP contribution in [-0.2, 0) is 47.4 Å². The first-order chi connectivity index (χ1) is 33.7. The third kappa shape index (κ3) is 9.26. The van der Waals surface area contributed by atoms with Crippen LogP contribution in [0.3, 0.4) is 0 Å². The fourth-order valence-corrected chi connectivity index (χ4v) is 14.4. The van der Waals surface area contributed by atoms with Crippen molar-refractivity contribution in [2.75, 3.05) is 26.4 Å². The molecular weight excluding hydrogens is 945 g/mol. The number of fused-ring (bicyclic) bond motifs is 3. The SMILES string of the molecule is C=C1CC23CCC4C(C)(C(=O)OC5OC(CO)C(OC6CCC6)C(O)C5O)CCCC4(C)C2CCC1(OC1OC(CO)C(O)C(OC2OC(CO)C(O)C(O)C2O)C1OC1OC(CO)C(O)C(O)C1O)C3. The van der Waals surface area contributed by atoms with Crippen molar-refractivity contribution >= 4 is 5.97 Å². The van der Waals surface area contributed by atoms with Gasteiger partial charge in [-0.05, 0) is 106 Å². The van der Waals surface area contributed by atoms with Gasteiger partial charge in [0, 0.05) is 0 Å². The van der Waals surface area contributed by atoms with Gasteiger partial charge in [-0.15, -0.1) is 0 Å². The van der Waals surface area contributed by atoms with E-state index in [4.69, 9.17) is 42.6 Å². The van der Waals surface area contributed by atoms with Crippen molar-refractivity contribution in [2.45, 2.75) is 225 Å². The number of carbonyl (C=O) groups excluding carboxylic acids is 1. The molecule has 9 fully saturated rings. The minimum absolute atomic E-state index is 0.0430. The zero-order valence-corrected chi connectivity index (χ0v) is 40.2. The zero-order valence-electron chi connectivity index (χ0n) is 40.2. The second kappa shape index (κ2) is 20.7. The van der Waals surface area contributed by atoms with Crippen molar-refractivity contribution < 1.29 is 114 Å². The van der Waals surface area contributed by atoms with E-state index < -0.39 is 177 Å². The number of aliphatic hydroxyl groups excluding tert-OH is 13. The van der Waals surface area contributed by atoms with Gasteiger partial charge in [0.25, 0.3) is 0 Å². The highest BCUT2D eigenvalue weighted by molar-refractivity contribution is 5.77. The van der Waals surface area contributed by atoms with Crippen molar-refractivity contribution in [3.05, 3.63) is 12.2 Å². The Kier molecular flexibility index (Phi) is 15.8. The van der Waals surface area contributed by atoms with Gasteiger partial charge < -0.3 is 109 Å². The van der Waals surface area contributed by atoms with E-state index in [9.17, 15) is 71.2 Å². The van der Waals surface area contributed by atoms with Crippen LogP contribution in [0.1, 0.15) is 90.9 Å². The van der Waals surface area contributed by atoms with Gasteiger partial charge in [0.1, 0.15) is 97.7 Å². The molecule has 0 aromatic heterocycles. The van der Waals surface area contributed by atoms with Gasteiger partial charge in [0.05, 0.1) is 43.5 Å². The van der Waals surface area contributed by atoms with Crippen LogP contribution in [0.25, 0.3) is 0 Å². The number of aliphatic hydroxyl groups is 13. The molecular formula is C48H76O23. The largest absolute Gasteiger partial charge is 0.432 e. The molecule has 5 aliphatic carbocycles. The molecule has 23 heteroatoms. The van der Waals surface area contributed by atoms with Crippen LogP contribution in [-0.4, -0.2) is 233 Å². The maximum Gasteiger partial charge on any atom is 0.314 e. The summed E-state index contributed by atoms with van der Waals surface area (Å²) in [6.45, 7) is 5.71. The normalized spacial score (nSPS) is 53.4. The summed E-state index contributed by atoms with van der Waals surface area (Å²) in [6.07, 6.45) is -25.0. The molecule has 1 spiro atoms. The van der Waals surface area contributed by atoms with Crippen LogP contribution >= 0.6 is 0 Å². The molecule has 4 saturated heterocycles. The van der Waals surface area contributed by atoms with Gasteiger partial charge in [-0.1, -0.05) is 19.9 Å². The third-order valence-corrected chi connectivity index (χ3v) is 18.5. The van der Waals surface area contributed by atoms with Crippen LogP contribution in [0.5, 0.6) is 0 Å². The molecule has 13 N–H and O–H groups in total. The van der Waals surface area contributed by atoms with Crippen molar-refractivity contribution in [1.29, 1.82) is 0 Å². The highest BCUT2D eigenvalue weighted by atomic mass is 16.8. The predicted molar refractivity (Wildman–Crippen MR) is 236 cm³/mol. The fourth-order valence-electron chi connectivity index (χ4n) is 14.4. The lowest BCUT2D eigenvalue weighted by atomic mass is 9.41. The molecule has 9 aliphatic rings. The first-order valence-corrected chi connectivity index (χ1v) is 25.4. The molecule has 26 unspecified atom stereocenters. The second-order valence-electron chi connectivity index (χ2n) is 22.5. The first kappa shape index (κ1) is 54.2. The Labute approximate surface area is 411 Å². The Bertz CT molecular complexity index is 1870. The minimum atomic E-state index is -1.95. The molecule has 0 aromatic rings. The lowest BCUT2D eigenvalue weighted by Crippen LogP contribution is -2.68. The van der Waals surface area contributed by atoms with Crippen molar-refractivity contribution in [1.82, 2.24) is 0 Å². The number of esters is 1. The van der Waals surface area contributed by atoms with Gasteiger partial charge >= 0.3 is 5.97 Å². The summed E-state index contributed by atoms with van der Waals surface area (Å²) in [4.78, 5) is 14.5. The standard InChI is InChI=1S/C48H76O23/c1-20-14-47-12-8-26-45(2,10-5-11-46(26,3)44(62)70-42-36(61)33(58)37(25(18-52)67-42)63-21-6-4-7-21)27(47)9-13-48(20,19-47)71-43-39(69-41-35(60)32(57)29(54)23(16-50)65-41)38(30(55)24(17-51)66-43)68-40-34(59)31(56)28(53)22(15-49)64-40/h21-43,49-61H,1,4-19H2,2-3H3. The minimum Gasteiger partial charge on any atom is -0.432 e. The Morgan fingerprint density at radius 1 is 0.549 bits per heavy atom. The third-order valence-electron chi connectivity index (χ3n) is 18.5. The number of carbonyl (C=O) groups is 1. The van der Waals surface area contributed by atoms with Crippen molar-refractivity contribution in [2.24, 2.45) is 28.1 Å². The Hall–Kier alpha value is -1.63. The summed E-state index contributed by atoms with van der Waals surface area (Å²) < 4.78 is 54.9. The highest BCUT2D eigenvalue weighted by Gasteiger charge is 2.70. The molecule has 0 amide bonds. The average Bonchev–Trinajstić information content (AvgIpc) is 3.53. The molecule has 0 aromatic carbocycles. The van der Waals surface area contributed by atoms with Gasteiger partial charge in [0.15, 0.2) is 18.9 Å². The van der Waals surface area contributed by atoms with E-state index in [1.807, 2.05) is 6.92 Å². The maximum atomic E-state index is 14.5. The van der Waals surface area contributed by atoms with Crippen molar-refractivity contribution in [3.8, 4) is 0 Å². The smallest absolute Gasteiger partial charge is 0.314 e. The summed E-state index contributed by atoms with van der Waals surface area (Å²) in [7, 11) is 0. The molecule has 4 aliphatic heterocycles. The summed E-state index contributed by atoms with van der Waals surface area (Å²) >= 11 is 0. The Morgan fingerprint density at radius 3 is 1.66 bits per heavy atom.